The van der Waals surface area contributed by atoms with Crippen LogP contribution in [0.3, 0.4) is 0 Å². The number of hydrogen-bond acceptors (Lipinski definition) is 0. The van der Waals surface area contributed by atoms with Crippen LogP contribution in [0.2, 0.25) is 0 Å². The molecule has 0 bridgehead atoms. The van der Waals surface area contributed by atoms with Gasteiger partial charge in [-0.2, -0.15) is 0 Å². The average Bonchev–Trinajstić information content (AvgIpc) is 2.42. The molecule has 0 radical (unpaired) electrons. The fraction of sp³-hybridized carbons (Fsp3) is 0.294. The minimum Gasteiger partial charge on any atom is -0.0761 e. The van der Waals surface area contributed by atoms with Crippen molar-refractivity contribution in [3.63, 3.8) is 0 Å². The second-order valence-electron chi connectivity index (χ2n) is 4.23. The van der Waals surface area contributed by atoms with Gasteiger partial charge < -0.3 is 0 Å². The minimum absolute atomic E-state index is 1.18. The van der Waals surface area contributed by atoms with Crippen LogP contribution in [0.4, 0.5) is 0 Å². The molecule has 0 atom stereocenters. The van der Waals surface area contributed by atoms with Gasteiger partial charge in [0.2, 0.25) is 0 Å². The zero-order valence-electron chi connectivity index (χ0n) is 11.0. The van der Waals surface area contributed by atoms with Gasteiger partial charge in [-0.25, -0.2) is 0 Å². The lowest BCUT2D eigenvalue weighted by Crippen LogP contribution is -2.29. The highest BCUT2D eigenvalue weighted by molar-refractivity contribution is 5.85. The van der Waals surface area contributed by atoms with E-state index in [1.54, 1.807) is 0 Å². The van der Waals surface area contributed by atoms with Gasteiger partial charge in [0.25, 0.3) is 0 Å². The number of benzene rings is 2. The Hall–Kier alpha value is -1.56. The van der Waals surface area contributed by atoms with Crippen molar-refractivity contribution >= 4 is 22.9 Å². The van der Waals surface area contributed by atoms with Crippen molar-refractivity contribution < 1.29 is 0 Å². The Labute approximate surface area is 103 Å². The predicted octanol–water partition coefficient (Wildman–Crippen LogP) is 3.53. The molecule has 1 aliphatic carbocycles. The van der Waals surface area contributed by atoms with Gasteiger partial charge >= 0.3 is 0 Å². The molecule has 0 heteroatoms. The number of fused-ring (bicyclic) bond motifs is 3. The van der Waals surface area contributed by atoms with Crippen molar-refractivity contribution in [2.75, 3.05) is 0 Å². The molecule has 0 saturated heterocycles. The van der Waals surface area contributed by atoms with E-state index in [1.165, 1.54) is 39.6 Å². The van der Waals surface area contributed by atoms with Crippen LogP contribution in [-0.2, 0) is 0 Å². The first-order chi connectivity index (χ1) is 8.36. The summed E-state index contributed by atoms with van der Waals surface area (Å²) in [6, 6.07) is 11.0. The maximum atomic E-state index is 2.38. The summed E-state index contributed by atoms with van der Waals surface area (Å²) in [7, 11) is 0. The van der Waals surface area contributed by atoms with E-state index < -0.39 is 0 Å². The molecule has 2 aromatic carbocycles. The average molecular weight is 224 g/mol. The minimum atomic E-state index is 1.18. The maximum Gasteiger partial charge on any atom is -0.0109 e. The van der Waals surface area contributed by atoms with E-state index in [4.69, 9.17) is 0 Å². The van der Waals surface area contributed by atoms with Gasteiger partial charge in [0.05, 0.1) is 0 Å². The fourth-order valence-corrected chi connectivity index (χ4v) is 2.48. The van der Waals surface area contributed by atoms with Crippen LogP contribution in [0.5, 0.6) is 0 Å². The van der Waals surface area contributed by atoms with Crippen molar-refractivity contribution in [3.05, 3.63) is 46.3 Å². The van der Waals surface area contributed by atoms with E-state index in [2.05, 4.69) is 49.4 Å². The zero-order chi connectivity index (χ0) is 12.3. The Bertz CT molecular complexity index is 633. The van der Waals surface area contributed by atoms with Crippen molar-refractivity contribution in [1.29, 1.82) is 0 Å². The maximum absolute atomic E-state index is 2.38. The first-order valence-corrected chi connectivity index (χ1v) is 6.55. The first kappa shape index (κ1) is 11.9. The molecular formula is C17H20. The number of rotatable bonds is 0. The van der Waals surface area contributed by atoms with Crippen molar-refractivity contribution in [2.45, 2.75) is 33.6 Å². The van der Waals surface area contributed by atoms with E-state index in [1.807, 2.05) is 13.8 Å². The smallest absolute Gasteiger partial charge is 0.0109 e. The van der Waals surface area contributed by atoms with E-state index in [-0.39, 0.29) is 0 Å². The van der Waals surface area contributed by atoms with Gasteiger partial charge in [-0.15, -0.1) is 0 Å². The molecule has 0 nitrogen and oxygen atoms in total. The normalized spacial score (nSPS) is 12.9. The summed E-state index contributed by atoms with van der Waals surface area (Å²) in [4.78, 5) is 0. The zero-order valence-corrected chi connectivity index (χ0v) is 11.0. The van der Waals surface area contributed by atoms with Crippen molar-refractivity contribution in [1.82, 2.24) is 0 Å². The summed E-state index contributed by atoms with van der Waals surface area (Å²) in [5, 5.41) is 5.64. The molecule has 17 heavy (non-hydrogen) atoms. The summed E-state index contributed by atoms with van der Waals surface area (Å²) >= 11 is 0. The van der Waals surface area contributed by atoms with Crippen LogP contribution in [0.15, 0.2) is 30.3 Å². The number of aryl methyl sites for hydroxylation is 1. The molecule has 3 rings (SSSR count). The second-order valence-corrected chi connectivity index (χ2v) is 4.23. The molecular weight excluding hydrogens is 204 g/mol. The summed E-state index contributed by atoms with van der Waals surface area (Å²) in [6.07, 6.45) is 7.12. The predicted molar refractivity (Wildman–Crippen MR) is 77.4 cm³/mol. The van der Waals surface area contributed by atoms with Gasteiger partial charge in [0.1, 0.15) is 0 Å². The molecule has 0 spiro atoms. The lowest BCUT2D eigenvalue weighted by atomic mass is 9.98. The molecule has 0 amide bonds. The van der Waals surface area contributed by atoms with Crippen LogP contribution in [0.1, 0.15) is 32.3 Å². The lowest BCUT2D eigenvalue weighted by molar-refractivity contribution is 1.11. The van der Waals surface area contributed by atoms with E-state index in [0.717, 1.165) is 0 Å². The van der Waals surface area contributed by atoms with Gasteiger partial charge in [0, 0.05) is 0 Å². The van der Waals surface area contributed by atoms with Crippen LogP contribution < -0.4 is 10.4 Å². The Morgan fingerprint density at radius 2 is 1.53 bits per heavy atom. The van der Waals surface area contributed by atoms with Crippen LogP contribution in [-0.4, -0.2) is 0 Å². The molecule has 2 aromatic rings. The molecule has 88 valence electrons. The third-order valence-corrected chi connectivity index (χ3v) is 3.20. The molecule has 0 heterocycles. The topological polar surface area (TPSA) is 0 Å². The molecule has 0 aromatic heterocycles. The summed E-state index contributed by atoms with van der Waals surface area (Å²) < 4.78 is 0. The number of hydrogen-bond donors (Lipinski definition) is 0. The Kier molecular flexibility index (Phi) is 3.63. The lowest BCUT2D eigenvalue weighted by Gasteiger charge is -2.07. The van der Waals surface area contributed by atoms with Crippen LogP contribution in [0.25, 0.3) is 22.9 Å². The molecule has 0 aliphatic heterocycles. The molecule has 0 fully saturated rings. The van der Waals surface area contributed by atoms with Gasteiger partial charge in [-0.05, 0) is 46.5 Å². The van der Waals surface area contributed by atoms with Crippen LogP contribution >= 0.6 is 0 Å². The van der Waals surface area contributed by atoms with Gasteiger partial charge in [-0.1, -0.05) is 56.3 Å². The fourth-order valence-electron chi connectivity index (χ4n) is 2.48. The van der Waals surface area contributed by atoms with E-state index >= 15 is 0 Å². The summed E-state index contributed by atoms with van der Waals surface area (Å²) in [5.41, 5.74) is 1.40. The molecule has 0 saturated carbocycles. The highest BCUT2D eigenvalue weighted by atomic mass is 14.1. The summed E-state index contributed by atoms with van der Waals surface area (Å²) in [5.74, 6) is 0. The quantitative estimate of drug-likeness (QED) is 0.642. The highest BCUT2D eigenvalue weighted by Gasteiger charge is 2.01. The third kappa shape index (κ3) is 2.12. The second kappa shape index (κ2) is 5.18. The van der Waals surface area contributed by atoms with Crippen LogP contribution in [0, 0.1) is 6.92 Å². The highest BCUT2D eigenvalue weighted by Crippen LogP contribution is 2.10. The van der Waals surface area contributed by atoms with Gasteiger partial charge in [-0.3, -0.25) is 0 Å². The largest absolute Gasteiger partial charge is 0.0761 e. The Morgan fingerprint density at radius 3 is 2.29 bits per heavy atom. The first-order valence-electron chi connectivity index (χ1n) is 6.55. The monoisotopic (exact) mass is 224 g/mol. The van der Waals surface area contributed by atoms with E-state index in [9.17, 15) is 0 Å². The summed E-state index contributed by atoms with van der Waals surface area (Å²) in [6.45, 7) is 6.21. The van der Waals surface area contributed by atoms with Crippen molar-refractivity contribution in [3.8, 4) is 0 Å². The standard InChI is InChI=1S/C15H14.C2H6/c1-11-10-12-6-2-3-8-14(12)15-9-5-4-7-13(11)15;1-2/h2-3,6-10H,4-5H2,1H3;1-2H3. The Morgan fingerprint density at radius 1 is 0.882 bits per heavy atom. The Balaban J connectivity index is 0.000000514. The van der Waals surface area contributed by atoms with Crippen molar-refractivity contribution in [2.24, 2.45) is 0 Å². The van der Waals surface area contributed by atoms with Gasteiger partial charge in [0.15, 0.2) is 0 Å². The van der Waals surface area contributed by atoms with E-state index in [0.29, 0.717) is 0 Å². The third-order valence-electron chi connectivity index (χ3n) is 3.20. The molecule has 0 N–H and O–H groups in total. The SMILES string of the molecule is CC.Cc1cc2ccccc2c2c1=CCCC=2. The molecule has 0 unspecified atom stereocenters. The molecule has 1 aliphatic rings.